The highest BCUT2D eigenvalue weighted by atomic mass is 19.4. The first-order valence-corrected chi connectivity index (χ1v) is 8.80. The first-order chi connectivity index (χ1) is 13.0. The van der Waals surface area contributed by atoms with Crippen LogP contribution in [-0.4, -0.2) is 36.1 Å². The minimum absolute atomic E-state index is 0.0371. The molecule has 0 saturated heterocycles. The van der Waals surface area contributed by atoms with E-state index in [4.69, 9.17) is 0 Å². The standard InChI is InChI=1S/C19H21F3N4O2/c1-11(23-16(28)14-10-15(27)25-17(24-14)26(2)3)12-4-6-13(7-5-12)18(8-9-18)19(20,21)22/h4-7,10-11H,8-9H2,1-3H3,(H,23,28)(H,24,25,27)/t11-/m1/s1. The number of alkyl halides is 3. The van der Waals surface area contributed by atoms with E-state index >= 15 is 0 Å². The number of aromatic amines is 1. The van der Waals surface area contributed by atoms with Gasteiger partial charge in [-0.3, -0.25) is 14.6 Å². The smallest absolute Gasteiger partial charge is 0.348 e. The van der Waals surface area contributed by atoms with E-state index in [2.05, 4.69) is 15.3 Å². The minimum atomic E-state index is -4.26. The van der Waals surface area contributed by atoms with Crippen LogP contribution in [-0.2, 0) is 5.41 Å². The van der Waals surface area contributed by atoms with E-state index in [1.54, 1.807) is 38.1 Å². The second kappa shape index (κ2) is 6.96. The summed E-state index contributed by atoms with van der Waals surface area (Å²) in [5.74, 6) is -0.295. The van der Waals surface area contributed by atoms with Crippen molar-refractivity contribution >= 4 is 11.9 Å². The third-order valence-electron chi connectivity index (χ3n) is 4.99. The van der Waals surface area contributed by atoms with Gasteiger partial charge in [0.1, 0.15) is 5.69 Å². The number of carbonyl (C=O) groups is 1. The van der Waals surface area contributed by atoms with Crippen LogP contribution in [0.4, 0.5) is 19.1 Å². The van der Waals surface area contributed by atoms with Gasteiger partial charge in [0, 0.05) is 20.2 Å². The summed E-state index contributed by atoms with van der Waals surface area (Å²) in [5, 5.41) is 2.71. The van der Waals surface area contributed by atoms with Crippen molar-refractivity contribution < 1.29 is 18.0 Å². The Labute approximate surface area is 159 Å². The molecule has 3 rings (SSSR count). The Morgan fingerprint density at radius 3 is 2.36 bits per heavy atom. The van der Waals surface area contributed by atoms with Crippen LogP contribution in [0.3, 0.4) is 0 Å². The highest BCUT2D eigenvalue weighted by molar-refractivity contribution is 5.92. The van der Waals surface area contributed by atoms with Crippen molar-refractivity contribution in [2.24, 2.45) is 0 Å². The van der Waals surface area contributed by atoms with Gasteiger partial charge in [-0.2, -0.15) is 13.2 Å². The van der Waals surface area contributed by atoms with Gasteiger partial charge < -0.3 is 10.2 Å². The second-order valence-corrected chi connectivity index (χ2v) is 7.25. The average molecular weight is 394 g/mol. The Hall–Kier alpha value is -2.84. The van der Waals surface area contributed by atoms with E-state index in [0.717, 1.165) is 6.07 Å². The molecule has 6 nitrogen and oxygen atoms in total. The molecule has 1 atom stereocenters. The number of carbonyl (C=O) groups excluding carboxylic acids is 1. The van der Waals surface area contributed by atoms with E-state index in [9.17, 15) is 22.8 Å². The predicted octanol–water partition coefficient (Wildman–Crippen LogP) is 2.92. The number of nitrogens with zero attached hydrogens (tertiary/aromatic N) is 2. The molecule has 1 saturated carbocycles. The number of anilines is 1. The number of halogens is 3. The number of aromatic nitrogens is 2. The van der Waals surface area contributed by atoms with Gasteiger partial charge in [0.05, 0.1) is 11.5 Å². The maximum Gasteiger partial charge on any atom is 0.398 e. The van der Waals surface area contributed by atoms with E-state index in [-0.39, 0.29) is 30.0 Å². The van der Waals surface area contributed by atoms with Crippen molar-refractivity contribution in [3.05, 3.63) is 57.5 Å². The molecule has 9 heteroatoms. The molecule has 1 aromatic carbocycles. The number of hydrogen-bond donors (Lipinski definition) is 2. The fraction of sp³-hybridized carbons (Fsp3) is 0.421. The van der Waals surface area contributed by atoms with Crippen LogP contribution in [0.25, 0.3) is 0 Å². The maximum atomic E-state index is 13.2. The highest BCUT2D eigenvalue weighted by Gasteiger charge is 2.64. The summed E-state index contributed by atoms with van der Waals surface area (Å²) in [7, 11) is 3.36. The summed E-state index contributed by atoms with van der Waals surface area (Å²) in [6.45, 7) is 1.71. The SMILES string of the molecule is C[C@@H](NC(=O)c1cc(=O)[nH]c(N(C)C)n1)c1ccc(C2(C(F)(F)F)CC2)cc1. The number of H-pyrrole nitrogens is 1. The molecular weight excluding hydrogens is 373 g/mol. The molecule has 0 aliphatic heterocycles. The molecule has 1 aliphatic rings. The van der Waals surface area contributed by atoms with Crippen molar-refractivity contribution in [1.82, 2.24) is 15.3 Å². The summed E-state index contributed by atoms with van der Waals surface area (Å²) in [6.07, 6.45) is -4.06. The Morgan fingerprint density at radius 2 is 1.86 bits per heavy atom. The first-order valence-electron chi connectivity index (χ1n) is 8.80. The molecule has 1 fully saturated rings. The van der Waals surface area contributed by atoms with Crippen molar-refractivity contribution in [1.29, 1.82) is 0 Å². The monoisotopic (exact) mass is 394 g/mol. The van der Waals surface area contributed by atoms with Crippen LogP contribution in [0.2, 0.25) is 0 Å². The first kappa shape index (κ1) is 19.9. The zero-order chi connectivity index (χ0) is 20.7. The number of amides is 1. The van der Waals surface area contributed by atoms with Gasteiger partial charge in [-0.25, -0.2) is 4.98 Å². The summed E-state index contributed by atoms with van der Waals surface area (Å²) in [4.78, 5) is 32.3. The van der Waals surface area contributed by atoms with Crippen LogP contribution in [0, 0.1) is 0 Å². The zero-order valence-electron chi connectivity index (χ0n) is 15.7. The fourth-order valence-corrected chi connectivity index (χ4v) is 3.08. The average Bonchev–Trinajstić information content (AvgIpc) is 3.43. The van der Waals surface area contributed by atoms with Crippen LogP contribution in [0.5, 0.6) is 0 Å². The largest absolute Gasteiger partial charge is 0.398 e. The van der Waals surface area contributed by atoms with Gasteiger partial charge >= 0.3 is 6.18 Å². The molecule has 1 aliphatic carbocycles. The molecule has 2 N–H and O–H groups in total. The Morgan fingerprint density at radius 1 is 1.25 bits per heavy atom. The van der Waals surface area contributed by atoms with Crippen molar-refractivity contribution in [3.63, 3.8) is 0 Å². The number of rotatable bonds is 5. The van der Waals surface area contributed by atoms with Gasteiger partial charge in [-0.05, 0) is 30.9 Å². The van der Waals surface area contributed by atoms with Crippen molar-refractivity contribution in [2.75, 3.05) is 19.0 Å². The molecule has 0 bridgehead atoms. The van der Waals surface area contributed by atoms with E-state index < -0.39 is 29.1 Å². The summed E-state index contributed by atoms with van der Waals surface area (Å²) in [5.41, 5.74) is -1.31. The van der Waals surface area contributed by atoms with Gasteiger partial charge in [0.2, 0.25) is 5.95 Å². The van der Waals surface area contributed by atoms with E-state index in [1.165, 1.54) is 12.1 Å². The molecule has 0 radical (unpaired) electrons. The topological polar surface area (TPSA) is 78.1 Å². The Bertz CT molecular complexity index is 931. The zero-order valence-corrected chi connectivity index (χ0v) is 15.7. The van der Waals surface area contributed by atoms with Crippen LogP contribution >= 0.6 is 0 Å². The minimum Gasteiger partial charge on any atom is -0.348 e. The lowest BCUT2D eigenvalue weighted by Gasteiger charge is -2.21. The molecule has 28 heavy (non-hydrogen) atoms. The van der Waals surface area contributed by atoms with E-state index in [1.807, 2.05) is 0 Å². The molecule has 0 unspecified atom stereocenters. The van der Waals surface area contributed by atoms with Gasteiger partial charge in [-0.15, -0.1) is 0 Å². The molecule has 0 spiro atoms. The van der Waals surface area contributed by atoms with E-state index in [0.29, 0.717) is 5.56 Å². The van der Waals surface area contributed by atoms with Gasteiger partial charge in [-0.1, -0.05) is 24.3 Å². The second-order valence-electron chi connectivity index (χ2n) is 7.25. The molecule has 1 aromatic heterocycles. The molecule has 1 amide bonds. The molecule has 150 valence electrons. The lowest BCUT2D eigenvalue weighted by molar-refractivity contribution is -0.160. The number of hydrogen-bond acceptors (Lipinski definition) is 4. The summed E-state index contributed by atoms with van der Waals surface area (Å²) < 4.78 is 39.7. The Kier molecular flexibility index (Phi) is 4.95. The van der Waals surface area contributed by atoms with Crippen LogP contribution in [0.1, 0.15) is 47.4 Å². The number of nitrogens with one attached hydrogen (secondary N) is 2. The van der Waals surface area contributed by atoms with Crippen molar-refractivity contribution in [3.8, 4) is 0 Å². The van der Waals surface area contributed by atoms with Crippen molar-refractivity contribution in [2.45, 2.75) is 37.4 Å². The maximum absolute atomic E-state index is 13.2. The Balaban J connectivity index is 1.74. The van der Waals surface area contributed by atoms with Gasteiger partial charge in [0.25, 0.3) is 11.5 Å². The van der Waals surface area contributed by atoms with Gasteiger partial charge in [0.15, 0.2) is 0 Å². The highest BCUT2D eigenvalue weighted by Crippen LogP contribution is 2.58. The molecule has 1 heterocycles. The normalized spacial score (nSPS) is 16.4. The third-order valence-corrected chi connectivity index (χ3v) is 4.99. The molecule has 2 aromatic rings. The lowest BCUT2D eigenvalue weighted by Crippen LogP contribution is -2.30. The van der Waals surface area contributed by atoms with Crippen LogP contribution in [0.15, 0.2) is 35.1 Å². The molecular formula is C19H21F3N4O2. The quantitative estimate of drug-likeness (QED) is 0.818. The number of benzene rings is 1. The fourth-order valence-electron chi connectivity index (χ4n) is 3.08. The predicted molar refractivity (Wildman–Crippen MR) is 98.5 cm³/mol. The summed E-state index contributed by atoms with van der Waals surface area (Å²) in [6, 6.07) is 6.73. The summed E-state index contributed by atoms with van der Waals surface area (Å²) >= 11 is 0. The lowest BCUT2D eigenvalue weighted by atomic mass is 9.93. The van der Waals surface area contributed by atoms with Crippen LogP contribution < -0.4 is 15.8 Å². The third kappa shape index (κ3) is 3.74.